The van der Waals surface area contributed by atoms with Crippen molar-refractivity contribution in [1.82, 2.24) is 4.98 Å². The van der Waals surface area contributed by atoms with E-state index in [1.807, 2.05) is 27.7 Å². The molecule has 0 aliphatic rings. The fourth-order valence-electron chi connectivity index (χ4n) is 1.66. The highest BCUT2D eigenvalue weighted by atomic mass is 16.5. The molecule has 0 fully saturated rings. The fraction of sp³-hybridized carbons (Fsp3) is 0.647. The minimum Gasteiger partial charge on any atom is -0.483 e. The summed E-state index contributed by atoms with van der Waals surface area (Å²) in [5, 5.41) is 0. The molecule has 6 nitrogen and oxygen atoms in total. The number of esters is 1. The molecule has 1 aromatic rings. The minimum atomic E-state index is -0.754. The van der Waals surface area contributed by atoms with Crippen molar-refractivity contribution in [1.29, 1.82) is 0 Å². The Labute approximate surface area is 145 Å². The Balaban J connectivity index is 2.72. The van der Waals surface area contributed by atoms with Crippen molar-refractivity contribution in [3.8, 4) is 11.6 Å². The van der Waals surface area contributed by atoms with Gasteiger partial charge in [-0.1, -0.05) is 0 Å². The lowest BCUT2D eigenvalue weighted by Crippen LogP contribution is -2.51. The Bertz CT molecular complexity index is 555. The highest BCUT2D eigenvalue weighted by molar-refractivity contribution is 5.98. The lowest BCUT2D eigenvalue weighted by molar-refractivity contribution is -0.152. The molecule has 2 radical (unpaired) electrons. The molecular weight excluding hydrogens is 309 g/mol. The van der Waals surface area contributed by atoms with Gasteiger partial charge in [0.2, 0.25) is 5.88 Å². The maximum absolute atomic E-state index is 11.6. The Morgan fingerprint density at radius 1 is 1.12 bits per heavy atom. The maximum atomic E-state index is 11.6. The quantitative estimate of drug-likeness (QED) is 0.537. The molecule has 0 atom stereocenters. The topological polar surface area (TPSA) is 66.9 Å². The molecule has 0 aliphatic carbocycles. The third kappa shape index (κ3) is 4.87. The molecule has 7 heteroatoms. The number of pyridine rings is 1. The van der Waals surface area contributed by atoms with E-state index in [-0.39, 0.29) is 12.6 Å². The number of nitrogens with zero attached hydrogens (tertiary/aromatic N) is 1. The fourth-order valence-corrected chi connectivity index (χ4v) is 1.66. The van der Waals surface area contributed by atoms with E-state index < -0.39 is 16.6 Å². The van der Waals surface area contributed by atoms with Crippen molar-refractivity contribution in [2.45, 2.75) is 52.7 Å². The van der Waals surface area contributed by atoms with E-state index in [0.717, 1.165) is 0 Å². The number of rotatable bonds is 8. The van der Waals surface area contributed by atoms with Gasteiger partial charge in [-0.25, -0.2) is 4.98 Å². The van der Waals surface area contributed by atoms with Crippen LogP contribution in [0.3, 0.4) is 0 Å². The van der Waals surface area contributed by atoms with E-state index in [1.165, 1.54) is 7.11 Å². The van der Waals surface area contributed by atoms with Crippen LogP contribution in [0.5, 0.6) is 11.6 Å². The Morgan fingerprint density at radius 2 is 1.75 bits per heavy atom. The van der Waals surface area contributed by atoms with Gasteiger partial charge in [-0.3, -0.25) is 4.79 Å². The van der Waals surface area contributed by atoms with Crippen LogP contribution in [0.2, 0.25) is 0 Å². The number of carbonyl (C=O) groups excluding carboxylic acids is 1. The number of aromatic nitrogens is 1. The average molecular weight is 335 g/mol. The monoisotopic (exact) mass is 335 g/mol. The zero-order chi connectivity index (χ0) is 18.6. The highest BCUT2D eigenvalue weighted by Gasteiger charge is 2.39. The minimum absolute atomic E-state index is 0.159. The summed E-state index contributed by atoms with van der Waals surface area (Å²) in [5.41, 5.74) is -2.11. The number of ether oxygens (including phenoxy) is 3. The first-order chi connectivity index (χ1) is 10.9. The molecule has 1 rings (SSSR count). The summed E-state index contributed by atoms with van der Waals surface area (Å²) in [6.45, 7) is 11.1. The zero-order valence-electron chi connectivity index (χ0n) is 15.5. The summed E-state index contributed by atoms with van der Waals surface area (Å²) in [4.78, 5) is 15.8. The zero-order valence-corrected chi connectivity index (χ0v) is 15.5. The average Bonchev–Trinajstić information content (AvgIpc) is 2.52. The van der Waals surface area contributed by atoms with Gasteiger partial charge in [-0.2, -0.15) is 0 Å². The second-order valence-corrected chi connectivity index (χ2v) is 7.24. The van der Waals surface area contributed by atoms with Crippen LogP contribution in [0.15, 0.2) is 18.3 Å². The van der Waals surface area contributed by atoms with Crippen LogP contribution >= 0.6 is 0 Å². The number of hydrogen-bond acceptors (Lipinski definition) is 6. The largest absolute Gasteiger partial charge is 0.483 e. The van der Waals surface area contributed by atoms with Crippen molar-refractivity contribution >= 4 is 14.0 Å². The maximum Gasteiger partial charge on any atom is 0.314 e. The molecule has 0 amide bonds. The third-order valence-electron chi connectivity index (χ3n) is 4.15. The Hall–Kier alpha value is -1.76. The van der Waals surface area contributed by atoms with Crippen molar-refractivity contribution in [3.05, 3.63) is 18.3 Å². The molecule has 0 aromatic carbocycles. The Morgan fingerprint density at radius 3 is 2.21 bits per heavy atom. The smallest absolute Gasteiger partial charge is 0.314 e. The van der Waals surface area contributed by atoms with Gasteiger partial charge in [0, 0.05) is 6.07 Å². The molecule has 1 aromatic heterocycles. The number of carbonyl (C=O) groups is 1. The molecule has 0 saturated heterocycles. The van der Waals surface area contributed by atoms with Gasteiger partial charge < -0.3 is 18.9 Å². The molecule has 0 aliphatic heterocycles. The molecule has 0 spiro atoms. The lowest BCUT2D eigenvalue weighted by atomic mass is 9.88. The number of hydrogen-bond donors (Lipinski definition) is 0. The van der Waals surface area contributed by atoms with Crippen LogP contribution in [0, 0.1) is 5.41 Å². The molecule has 0 saturated carbocycles. The van der Waals surface area contributed by atoms with Crippen molar-refractivity contribution in [3.63, 3.8) is 0 Å². The van der Waals surface area contributed by atoms with Gasteiger partial charge in [-0.15, -0.1) is 0 Å². The summed E-state index contributed by atoms with van der Waals surface area (Å²) in [6.07, 6.45) is 1.55. The van der Waals surface area contributed by atoms with Crippen molar-refractivity contribution in [2.24, 2.45) is 5.41 Å². The van der Waals surface area contributed by atoms with Gasteiger partial charge >= 0.3 is 5.97 Å². The molecule has 0 unspecified atom stereocenters. The normalized spacial score (nSPS) is 12.6. The predicted molar refractivity (Wildman–Crippen MR) is 91.2 cm³/mol. The van der Waals surface area contributed by atoms with Gasteiger partial charge in [0.1, 0.15) is 18.0 Å². The molecule has 1 heterocycles. The third-order valence-corrected chi connectivity index (χ3v) is 4.15. The first-order valence-electron chi connectivity index (χ1n) is 7.69. The van der Waals surface area contributed by atoms with E-state index in [4.69, 9.17) is 26.9 Å². The highest BCUT2D eigenvalue weighted by Crippen LogP contribution is 2.30. The summed E-state index contributed by atoms with van der Waals surface area (Å²) in [6, 6.07) is 3.41. The Kier molecular flexibility index (Phi) is 6.28. The van der Waals surface area contributed by atoms with Crippen molar-refractivity contribution in [2.75, 3.05) is 13.7 Å². The molecule has 132 valence electrons. The van der Waals surface area contributed by atoms with E-state index in [9.17, 15) is 4.79 Å². The second kappa shape index (κ2) is 7.42. The van der Waals surface area contributed by atoms with E-state index in [0.29, 0.717) is 11.6 Å². The van der Waals surface area contributed by atoms with Crippen LogP contribution in [0.25, 0.3) is 0 Å². The van der Waals surface area contributed by atoms with E-state index >= 15 is 0 Å². The van der Waals surface area contributed by atoms with Crippen LogP contribution in [-0.2, 0) is 14.2 Å². The van der Waals surface area contributed by atoms with Gasteiger partial charge in [0.25, 0.3) is 8.05 Å². The van der Waals surface area contributed by atoms with Crippen LogP contribution < -0.4 is 9.47 Å². The van der Waals surface area contributed by atoms with Gasteiger partial charge in [0.05, 0.1) is 24.3 Å². The molecule has 0 bridgehead atoms. The SMILES string of the molecule is [B]OC(C)(C)C(C)(C)Oc1ccc(OCC(C)(C)C(=O)OC)nc1. The van der Waals surface area contributed by atoms with Gasteiger partial charge in [-0.05, 0) is 47.6 Å². The van der Waals surface area contributed by atoms with E-state index in [1.54, 1.807) is 32.2 Å². The lowest BCUT2D eigenvalue weighted by Gasteiger charge is -2.41. The standard InChI is InChI=1S/C17H26BNO5/c1-15(2,14(20)21-7)11-22-13-9-8-12(10-19-13)23-16(3,4)17(5,6)24-18/h8-10H,11H2,1-7H3. The molecule has 0 N–H and O–H groups in total. The van der Waals surface area contributed by atoms with Crippen LogP contribution in [0.4, 0.5) is 0 Å². The van der Waals surface area contributed by atoms with Crippen LogP contribution in [-0.4, -0.2) is 43.9 Å². The molecule has 24 heavy (non-hydrogen) atoms. The summed E-state index contributed by atoms with van der Waals surface area (Å²) >= 11 is 0. The predicted octanol–water partition coefficient (Wildman–Crippen LogP) is 2.70. The molecular formula is C17H26BNO5. The number of methoxy groups -OCH3 is 1. The summed E-state index contributed by atoms with van der Waals surface area (Å²) < 4.78 is 21.2. The van der Waals surface area contributed by atoms with Crippen LogP contribution in [0.1, 0.15) is 41.5 Å². The van der Waals surface area contributed by atoms with E-state index in [2.05, 4.69) is 4.98 Å². The second-order valence-electron chi connectivity index (χ2n) is 7.24. The first kappa shape index (κ1) is 20.3. The first-order valence-corrected chi connectivity index (χ1v) is 7.69. The summed E-state index contributed by atoms with van der Waals surface area (Å²) in [7, 11) is 6.68. The van der Waals surface area contributed by atoms with Crippen molar-refractivity contribution < 1.29 is 23.7 Å². The summed E-state index contributed by atoms with van der Waals surface area (Å²) in [5.74, 6) is 0.615. The van der Waals surface area contributed by atoms with Gasteiger partial charge in [0.15, 0.2) is 0 Å².